The number of carbonyl (C=O) groups excluding carboxylic acids is 3. The average Bonchev–Trinajstić information content (AvgIpc) is 3.20. The fourth-order valence-electron chi connectivity index (χ4n) is 2.81. The van der Waals surface area contributed by atoms with Crippen molar-refractivity contribution in [2.45, 2.75) is 6.10 Å². The lowest BCUT2D eigenvalue weighted by Gasteiger charge is -2.23. The third-order valence-electron chi connectivity index (χ3n) is 4.58. The predicted molar refractivity (Wildman–Crippen MR) is 109 cm³/mol. The van der Waals surface area contributed by atoms with E-state index < -0.39 is 29.7 Å². The number of aliphatic hydroxyl groups is 1. The molecule has 1 aliphatic heterocycles. The fourth-order valence-corrected chi connectivity index (χ4v) is 3.64. The quantitative estimate of drug-likeness (QED) is 0.699. The van der Waals surface area contributed by atoms with Gasteiger partial charge in [-0.3, -0.25) is 19.3 Å². The Hall–Kier alpha value is -3.04. The number of aromatic nitrogens is 1. The molecule has 0 saturated carbocycles. The van der Waals surface area contributed by atoms with E-state index in [1.54, 1.807) is 18.2 Å². The van der Waals surface area contributed by atoms with E-state index in [4.69, 9.17) is 0 Å². The molecule has 1 aliphatic rings. The van der Waals surface area contributed by atoms with E-state index in [9.17, 15) is 24.6 Å². The van der Waals surface area contributed by atoms with Gasteiger partial charge in [-0.15, -0.1) is 0 Å². The summed E-state index contributed by atoms with van der Waals surface area (Å²) in [4.78, 5) is 39.7. The van der Waals surface area contributed by atoms with Gasteiger partial charge in [-0.25, -0.2) is 0 Å². The molecule has 29 heavy (non-hydrogen) atoms. The Morgan fingerprint density at radius 2 is 1.93 bits per heavy atom. The first-order chi connectivity index (χ1) is 13.8. The van der Waals surface area contributed by atoms with E-state index in [0.717, 1.165) is 22.4 Å². The number of phenols is 1. The molecule has 152 valence electrons. The SMILES string of the molecule is CN(CC(O)c1ccc(O)cc1)C(=O)CN1C(=O)SC(=Cc2cccn2C)C1=O. The smallest absolute Gasteiger partial charge is 0.294 e. The van der Waals surface area contributed by atoms with Crippen molar-refractivity contribution < 1.29 is 24.6 Å². The summed E-state index contributed by atoms with van der Waals surface area (Å²) < 4.78 is 1.82. The van der Waals surface area contributed by atoms with Crippen LogP contribution >= 0.6 is 11.8 Å². The number of carbonyl (C=O) groups is 3. The Kier molecular flexibility index (Phi) is 6.09. The van der Waals surface area contributed by atoms with Crippen LogP contribution in [0.25, 0.3) is 6.08 Å². The Balaban J connectivity index is 1.62. The highest BCUT2D eigenvalue weighted by molar-refractivity contribution is 8.18. The second-order valence-electron chi connectivity index (χ2n) is 6.69. The first-order valence-corrected chi connectivity index (χ1v) is 9.65. The topological polar surface area (TPSA) is 103 Å². The molecule has 9 heteroatoms. The molecule has 0 aliphatic carbocycles. The van der Waals surface area contributed by atoms with Crippen molar-refractivity contribution >= 4 is 34.9 Å². The summed E-state index contributed by atoms with van der Waals surface area (Å²) in [5.41, 5.74) is 1.31. The molecular weight excluding hydrogens is 394 g/mol. The number of hydrogen-bond donors (Lipinski definition) is 2. The van der Waals surface area contributed by atoms with Crippen molar-refractivity contribution in [1.29, 1.82) is 0 Å². The molecule has 3 amide bonds. The summed E-state index contributed by atoms with van der Waals surface area (Å²) in [7, 11) is 3.32. The maximum Gasteiger partial charge on any atom is 0.294 e. The third kappa shape index (κ3) is 4.69. The van der Waals surface area contributed by atoms with Crippen LogP contribution < -0.4 is 0 Å². The lowest BCUT2D eigenvalue weighted by molar-refractivity contribution is -0.135. The van der Waals surface area contributed by atoms with Crippen molar-refractivity contribution in [2.24, 2.45) is 7.05 Å². The van der Waals surface area contributed by atoms with E-state index in [1.807, 2.05) is 29.9 Å². The first-order valence-electron chi connectivity index (χ1n) is 8.84. The number of hydrogen-bond acceptors (Lipinski definition) is 6. The molecule has 0 radical (unpaired) electrons. The summed E-state index contributed by atoms with van der Waals surface area (Å²) in [6, 6.07) is 9.65. The lowest BCUT2D eigenvalue weighted by atomic mass is 10.1. The number of imide groups is 1. The minimum absolute atomic E-state index is 0.0149. The number of likely N-dealkylation sites (N-methyl/N-ethyl adjacent to an activating group) is 1. The summed E-state index contributed by atoms with van der Waals surface area (Å²) in [5, 5.41) is 19.1. The summed E-state index contributed by atoms with van der Waals surface area (Å²) in [6.07, 6.45) is 2.48. The van der Waals surface area contributed by atoms with Crippen LogP contribution in [-0.4, -0.2) is 61.8 Å². The standard InChI is InChI=1S/C20H21N3O5S/c1-21-9-3-4-14(21)10-17-19(27)23(20(28)29-17)12-18(26)22(2)11-16(25)13-5-7-15(24)8-6-13/h3-10,16,24-25H,11-12H2,1-2H3. The maximum absolute atomic E-state index is 12.6. The van der Waals surface area contributed by atoms with E-state index in [-0.39, 0.29) is 17.2 Å². The first kappa shape index (κ1) is 20.7. The number of phenolic OH excluding ortho intramolecular Hbond substituents is 1. The van der Waals surface area contributed by atoms with Crippen LogP contribution in [0.3, 0.4) is 0 Å². The molecule has 8 nitrogen and oxygen atoms in total. The van der Waals surface area contributed by atoms with Crippen molar-refractivity contribution in [1.82, 2.24) is 14.4 Å². The number of thioether (sulfide) groups is 1. The second-order valence-corrected chi connectivity index (χ2v) is 7.69. The molecule has 3 rings (SSSR count). The molecular formula is C20H21N3O5S. The minimum atomic E-state index is -0.961. The number of aryl methyl sites for hydroxylation is 1. The van der Waals surface area contributed by atoms with Gasteiger partial charge >= 0.3 is 0 Å². The van der Waals surface area contributed by atoms with Crippen LogP contribution in [0.4, 0.5) is 4.79 Å². The van der Waals surface area contributed by atoms with E-state index >= 15 is 0 Å². The molecule has 1 aromatic heterocycles. The fraction of sp³-hybridized carbons (Fsp3) is 0.250. The zero-order valence-electron chi connectivity index (χ0n) is 16.0. The molecule has 1 fully saturated rings. The van der Waals surface area contributed by atoms with Crippen LogP contribution in [-0.2, 0) is 16.6 Å². The van der Waals surface area contributed by atoms with Gasteiger partial charge in [-0.2, -0.15) is 0 Å². The highest BCUT2D eigenvalue weighted by Crippen LogP contribution is 2.32. The molecule has 2 N–H and O–H groups in total. The van der Waals surface area contributed by atoms with Gasteiger partial charge in [-0.1, -0.05) is 12.1 Å². The number of aliphatic hydroxyl groups excluding tert-OH is 1. The third-order valence-corrected chi connectivity index (χ3v) is 5.49. The van der Waals surface area contributed by atoms with E-state index in [0.29, 0.717) is 5.56 Å². The predicted octanol–water partition coefficient (Wildman–Crippen LogP) is 1.96. The van der Waals surface area contributed by atoms with E-state index in [1.165, 1.54) is 24.1 Å². The Labute approximate surface area is 172 Å². The normalized spacial score (nSPS) is 16.5. The van der Waals surface area contributed by atoms with Crippen LogP contribution in [0.1, 0.15) is 17.4 Å². The molecule has 0 bridgehead atoms. The lowest BCUT2D eigenvalue weighted by Crippen LogP contribution is -2.41. The van der Waals surface area contributed by atoms with Crippen molar-refractivity contribution in [3.63, 3.8) is 0 Å². The van der Waals surface area contributed by atoms with Crippen LogP contribution in [0, 0.1) is 0 Å². The Morgan fingerprint density at radius 3 is 2.55 bits per heavy atom. The largest absolute Gasteiger partial charge is 0.508 e. The molecule has 2 heterocycles. The number of amides is 3. The highest BCUT2D eigenvalue weighted by Gasteiger charge is 2.37. The molecule has 1 unspecified atom stereocenters. The molecule has 2 aromatic rings. The van der Waals surface area contributed by atoms with Gasteiger partial charge in [0.15, 0.2) is 0 Å². The number of nitrogens with zero attached hydrogens (tertiary/aromatic N) is 3. The van der Waals surface area contributed by atoms with Gasteiger partial charge in [0.1, 0.15) is 12.3 Å². The Morgan fingerprint density at radius 1 is 1.24 bits per heavy atom. The second kappa shape index (κ2) is 8.54. The Bertz CT molecular complexity index is 967. The summed E-state index contributed by atoms with van der Waals surface area (Å²) in [6.45, 7) is -0.410. The molecule has 1 saturated heterocycles. The maximum atomic E-state index is 12.6. The highest BCUT2D eigenvalue weighted by atomic mass is 32.2. The van der Waals surface area contributed by atoms with Crippen LogP contribution in [0.15, 0.2) is 47.5 Å². The van der Waals surface area contributed by atoms with Gasteiger partial charge in [0, 0.05) is 26.0 Å². The molecule has 1 atom stereocenters. The van der Waals surface area contributed by atoms with Gasteiger partial charge in [0.05, 0.1) is 17.6 Å². The van der Waals surface area contributed by atoms with Gasteiger partial charge < -0.3 is 19.7 Å². The van der Waals surface area contributed by atoms with E-state index in [2.05, 4.69) is 0 Å². The van der Waals surface area contributed by atoms with Gasteiger partial charge in [0.2, 0.25) is 5.91 Å². The van der Waals surface area contributed by atoms with Crippen molar-refractivity contribution in [3.8, 4) is 5.75 Å². The molecule has 0 spiro atoms. The number of benzene rings is 1. The zero-order valence-corrected chi connectivity index (χ0v) is 16.8. The summed E-state index contributed by atoms with van der Waals surface area (Å²) in [5.74, 6) is -0.902. The van der Waals surface area contributed by atoms with Crippen LogP contribution in [0.2, 0.25) is 0 Å². The van der Waals surface area contributed by atoms with Crippen LogP contribution in [0.5, 0.6) is 5.75 Å². The molecule has 1 aromatic carbocycles. The average molecular weight is 415 g/mol. The van der Waals surface area contributed by atoms with Crippen molar-refractivity contribution in [3.05, 3.63) is 58.8 Å². The van der Waals surface area contributed by atoms with Crippen molar-refractivity contribution in [2.75, 3.05) is 20.1 Å². The zero-order chi connectivity index (χ0) is 21.1. The minimum Gasteiger partial charge on any atom is -0.508 e. The van der Waals surface area contributed by atoms with Gasteiger partial charge in [-0.05, 0) is 47.7 Å². The number of rotatable bonds is 6. The number of aromatic hydroxyl groups is 1. The monoisotopic (exact) mass is 415 g/mol. The summed E-state index contributed by atoms with van der Waals surface area (Å²) >= 11 is 0.796. The van der Waals surface area contributed by atoms with Gasteiger partial charge in [0.25, 0.3) is 11.1 Å².